The molecule has 1 aromatic carbocycles. The SMILES string of the molecule is COc1cccc(NC(=O)COC(=O)CN2C(=O)N[C@@](C)(C3CC3)C2=O)c1. The third-order valence-corrected chi connectivity index (χ3v) is 4.70. The third kappa shape index (κ3) is 4.02. The summed E-state index contributed by atoms with van der Waals surface area (Å²) in [6.45, 7) is 0.608. The Morgan fingerprint density at radius 2 is 2.07 bits per heavy atom. The molecule has 0 radical (unpaired) electrons. The van der Waals surface area contributed by atoms with E-state index in [0.29, 0.717) is 11.4 Å². The van der Waals surface area contributed by atoms with Crippen LogP contribution in [0.4, 0.5) is 10.5 Å². The zero-order valence-corrected chi connectivity index (χ0v) is 15.1. The molecule has 1 saturated carbocycles. The highest BCUT2D eigenvalue weighted by Crippen LogP contribution is 2.42. The summed E-state index contributed by atoms with van der Waals surface area (Å²) in [5.41, 5.74) is -0.467. The lowest BCUT2D eigenvalue weighted by Crippen LogP contribution is -2.46. The van der Waals surface area contributed by atoms with Crippen molar-refractivity contribution in [3.8, 4) is 5.75 Å². The number of anilines is 1. The van der Waals surface area contributed by atoms with Crippen LogP contribution in [0, 0.1) is 5.92 Å². The van der Waals surface area contributed by atoms with E-state index in [1.807, 2.05) is 0 Å². The van der Waals surface area contributed by atoms with Crippen molar-refractivity contribution < 1.29 is 28.7 Å². The van der Waals surface area contributed by atoms with Crippen LogP contribution < -0.4 is 15.4 Å². The summed E-state index contributed by atoms with van der Waals surface area (Å²) in [5, 5.41) is 5.21. The van der Waals surface area contributed by atoms with E-state index < -0.39 is 42.5 Å². The Morgan fingerprint density at radius 3 is 2.74 bits per heavy atom. The van der Waals surface area contributed by atoms with Crippen LogP contribution in [-0.4, -0.2) is 54.5 Å². The molecular weight excluding hydrogens is 354 g/mol. The van der Waals surface area contributed by atoms with E-state index in [9.17, 15) is 19.2 Å². The van der Waals surface area contributed by atoms with Crippen molar-refractivity contribution in [2.24, 2.45) is 5.92 Å². The monoisotopic (exact) mass is 375 g/mol. The van der Waals surface area contributed by atoms with E-state index in [2.05, 4.69) is 10.6 Å². The molecule has 4 amide bonds. The van der Waals surface area contributed by atoms with E-state index >= 15 is 0 Å². The summed E-state index contributed by atoms with van der Waals surface area (Å²) >= 11 is 0. The van der Waals surface area contributed by atoms with Crippen molar-refractivity contribution in [1.29, 1.82) is 0 Å². The minimum atomic E-state index is -0.957. The lowest BCUT2D eigenvalue weighted by atomic mass is 9.96. The first kappa shape index (κ1) is 18.7. The zero-order chi connectivity index (χ0) is 19.6. The van der Waals surface area contributed by atoms with Gasteiger partial charge < -0.3 is 20.1 Å². The molecule has 2 fully saturated rings. The van der Waals surface area contributed by atoms with Crippen LogP contribution in [0.3, 0.4) is 0 Å². The number of esters is 1. The largest absolute Gasteiger partial charge is 0.497 e. The van der Waals surface area contributed by atoms with Gasteiger partial charge in [-0.3, -0.25) is 19.3 Å². The topological polar surface area (TPSA) is 114 Å². The molecule has 1 aromatic rings. The van der Waals surface area contributed by atoms with Crippen molar-refractivity contribution in [3.05, 3.63) is 24.3 Å². The molecule has 9 nitrogen and oxygen atoms in total. The average molecular weight is 375 g/mol. The van der Waals surface area contributed by atoms with Gasteiger partial charge in [-0.25, -0.2) is 4.79 Å². The number of nitrogens with one attached hydrogen (secondary N) is 2. The first-order chi connectivity index (χ1) is 12.8. The fourth-order valence-corrected chi connectivity index (χ4v) is 3.02. The van der Waals surface area contributed by atoms with E-state index in [0.717, 1.165) is 17.7 Å². The van der Waals surface area contributed by atoms with Crippen molar-refractivity contribution in [2.45, 2.75) is 25.3 Å². The minimum Gasteiger partial charge on any atom is -0.497 e. The Labute approximate surface area is 156 Å². The van der Waals surface area contributed by atoms with Crippen molar-refractivity contribution in [1.82, 2.24) is 10.2 Å². The maximum atomic E-state index is 12.4. The lowest BCUT2D eigenvalue weighted by molar-refractivity contribution is -0.150. The van der Waals surface area contributed by atoms with Gasteiger partial charge in [-0.15, -0.1) is 0 Å². The maximum Gasteiger partial charge on any atom is 0.326 e. The van der Waals surface area contributed by atoms with Crippen LogP contribution in [0.5, 0.6) is 5.75 Å². The van der Waals surface area contributed by atoms with Crippen LogP contribution in [0.2, 0.25) is 0 Å². The van der Waals surface area contributed by atoms with Crippen LogP contribution >= 0.6 is 0 Å². The maximum absolute atomic E-state index is 12.4. The van der Waals surface area contributed by atoms with E-state index in [-0.39, 0.29) is 5.92 Å². The molecule has 1 aliphatic heterocycles. The van der Waals surface area contributed by atoms with Gasteiger partial charge in [0.05, 0.1) is 7.11 Å². The molecule has 2 aliphatic rings. The van der Waals surface area contributed by atoms with Gasteiger partial charge in [-0.05, 0) is 37.8 Å². The molecule has 0 unspecified atom stereocenters. The van der Waals surface area contributed by atoms with Gasteiger partial charge in [0.2, 0.25) is 0 Å². The Bertz CT molecular complexity index is 791. The Morgan fingerprint density at radius 1 is 1.33 bits per heavy atom. The predicted molar refractivity (Wildman–Crippen MR) is 94.0 cm³/mol. The second-order valence-corrected chi connectivity index (χ2v) is 6.74. The Balaban J connectivity index is 1.48. The van der Waals surface area contributed by atoms with Crippen molar-refractivity contribution in [2.75, 3.05) is 25.6 Å². The summed E-state index contributed by atoms with van der Waals surface area (Å²) in [5.74, 6) is -1.14. The molecule has 1 heterocycles. The van der Waals surface area contributed by atoms with Gasteiger partial charge >= 0.3 is 12.0 Å². The number of methoxy groups -OCH3 is 1. The lowest BCUT2D eigenvalue weighted by Gasteiger charge is -2.20. The number of benzene rings is 1. The van der Waals surface area contributed by atoms with Crippen LogP contribution in [0.15, 0.2) is 24.3 Å². The van der Waals surface area contributed by atoms with Crippen molar-refractivity contribution in [3.63, 3.8) is 0 Å². The van der Waals surface area contributed by atoms with Crippen LogP contribution in [0.1, 0.15) is 19.8 Å². The molecule has 0 spiro atoms. The highest BCUT2D eigenvalue weighted by atomic mass is 16.5. The average Bonchev–Trinajstić information content (AvgIpc) is 3.46. The molecule has 0 bridgehead atoms. The van der Waals surface area contributed by atoms with E-state index in [1.165, 1.54) is 7.11 Å². The predicted octanol–water partition coefficient (Wildman–Crippen LogP) is 0.897. The fraction of sp³-hybridized carbons (Fsp3) is 0.444. The smallest absolute Gasteiger partial charge is 0.326 e. The molecule has 3 rings (SSSR count). The number of rotatable bonds is 7. The fourth-order valence-electron chi connectivity index (χ4n) is 3.02. The van der Waals surface area contributed by atoms with Gasteiger partial charge in [-0.1, -0.05) is 6.07 Å². The second kappa shape index (κ2) is 7.26. The first-order valence-electron chi connectivity index (χ1n) is 8.57. The van der Waals surface area contributed by atoms with Gasteiger partial charge in [0, 0.05) is 11.8 Å². The van der Waals surface area contributed by atoms with Gasteiger partial charge in [0.15, 0.2) is 6.61 Å². The molecule has 1 atom stereocenters. The molecule has 9 heteroatoms. The Kier molecular flexibility index (Phi) is 5.02. The van der Waals surface area contributed by atoms with Crippen LogP contribution in [0.25, 0.3) is 0 Å². The first-order valence-corrected chi connectivity index (χ1v) is 8.57. The van der Waals surface area contributed by atoms with Crippen molar-refractivity contribution >= 4 is 29.5 Å². The number of amides is 4. The molecule has 0 aromatic heterocycles. The van der Waals surface area contributed by atoms with Gasteiger partial charge in [0.1, 0.15) is 17.8 Å². The normalized spacial score (nSPS) is 21.6. The number of urea groups is 1. The third-order valence-electron chi connectivity index (χ3n) is 4.70. The number of ether oxygens (including phenoxy) is 2. The highest BCUT2D eigenvalue weighted by molar-refractivity contribution is 6.09. The summed E-state index contributed by atoms with van der Waals surface area (Å²) in [7, 11) is 1.51. The highest BCUT2D eigenvalue weighted by Gasteiger charge is 2.56. The summed E-state index contributed by atoms with van der Waals surface area (Å²) in [6.07, 6.45) is 1.73. The van der Waals surface area contributed by atoms with E-state index in [1.54, 1.807) is 31.2 Å². The summed E-state index contributed by atoms with van der Waals surface area (Å²) in [4.78, 5) is 49.1. The quantitative estimate of drug-likeness (QED) is 0.541. The number of hydrogen-bond acceptors (Lipinski definition) is 6. The molecule has 27 heavy (non-hydrogen) atoms. The number of carbonyl (C=O) groups excluding carboxylic acids is 4. The number of hydrogen-bond donors (Lipinski definition) is 2. The number of carbonyl (C=O) groups is 4. The molecule has 2 N–H and O–H groups in total. The second-order valence-electron chi connectivity index (χ2n) is 6.74. The van der Waals surface area contributed by atoms with Crippen LogP contribution in [-0.2, 0) is 19.1 Å². The Hall–Kier alpha value is -3.10. The molecule has 1 aliphatic carbocycles. The number of imide groups is 1. The molecule has 1 saturated heterocycles. The molecule has 144 valence electrons. The number of nitrogens with zero attached hydrogens (tertiary/aromatic N) is 1. The zero-order valence-electron chi connectivity index (χ0n) is 15.1. The van der Waals surface area contributed by atoms with Gasteiger partial charge in [0.25, 0.3) is 11.8 Å². The summed E-state index contributed by atoms with van der Waals surface area (Å²) < 4.78 is 9.93. The summed E-state index contributed by atoms with van der Waals surface area (Å²) in [6, 6.07) is 6.09. The van der Waals surface area contributed by atoms with Gasteiger partial charge in [-0.2, -0.15) is 0 Å². The molecular formula is C18H21N3O6. The van der Waals surface area contributed by atoms with E-state index in [4.69, 9.17) is 9.47 Å². The minimum absolute atomic E-state index is 0.101. The standard InChI is InChI=1S/C18H21N3O6/c1-18(11-6-7-11)16(24)21(17(25)20-18)9-15(23)27-10-14(22)19-12-4-3-5-13(8-12)26-2/h3-5,8,11H,6-7,9-10H2,1-2H3,(H,19,22)(H,20,25)/t18-/m0/s1.